The zero-order valence-electron chi connectivity index (χ0n) is 13.1. The molecule has 1 atom stereocenters. The van der Waals surface area contributed by atoms with Crippen LogP contribution in [0.4, 0.5) is 0 Å². The first kappa shape index (κ1) is 15.9. The Labute approximate surface area is 114 Å². The van der Waals surface area contributed by atoms with Crippen LogP contribution in [0.3, 0.4) is 0 Å². The van der Waals surface area contributed by atoms with E-state index in [1.165, 1.54) is 38.9 Å². The minimum absolute atomic E-state index is 0.230. The summed E-state index contributed by atoms with van der Waals surface area (Å²) in [6.45, 7) is 13.7. The molecule has 0 aromatic carbocycles. The van der Waals surface area contributed by atoms with E-state index in [2.05, 4.69) is 44.5 Å². The maximum absolute atomic E-state index is 6.14. The zero-order valence-corrected chi connectivity index (χ0v) is 13.1. The van der Waals surface area contributed by atoms with Crippen LogP contribution >= 0.6 is 0 Å². The van der Waals surface area contributed by atoms with E-state index in [1.54, 1.807) is 0 Å². The van der Waals surface area contributed by atoms with Gasteiger partial charge in [0.25, 0.3) is 0 Å². The number of piperidine rings is 1. The van der Waals surface area contributed by atoms with Crippen molar-refractivity contribution in [3.63, 3.8) is 0 Å². The Morgan fingerprint density at radius 1 is 1.22 bits per heavy atom. The molecule has 0 bridgehead atoms. The molecule has 3 nitrogen and oxygen atoms in total. The van der Waals surface area contributed by atoms with Crippen molar-refractivity contribution >= 4 is 0 Å². The van der Waals surface area contributed by atoms with Gasteiger partial charge in [-0.05, 0) is 58.8 Å². The van der Waals surface area contributed by atoms with Crippen molar-refractivity contribution in [2.24, 2.45) is 11.7 Å². The van der Waals surface area contributed by atoms with Crippen molar-refractivity contribution in [3.8, 4) is 0 Å². The predicted octanol–water partition coefficient (Wildman–Crippen LogP) is 2.17. The summed E-state index contributed by atoms with van der Waals surface area (Å²) in [5.74, 6) is 0.687. The van der Waals surface area contributed by atoms with Crippen LogP contribution in [0.15, 0.2) is 0 Å². The highest BCUT2D eigenvalue weighted by molar-refractivity contribution is 4.97. The van der Waals surface area contributed by atoms with E-state index in [0.29, 0.717) is 12.0 Å². The molecule has 2 N–H and O–H groups in total. The third-order valence-corrected chi connectivity index (χ3v) is 5.03. The summed E-state index contributed by atoms with van der Waals surface area (Å²) in [5, 5.41) is 0. The number of likely N-dealkylation sites (N-methyl/N-ethyl adjacent to an activating group) is 1. The lowest BCUT2D eigenvalue weighted by Crippen LogP contribution is -2.61. The van der Waals surface area contributed by atoms with Crippen LogP contribution in [-0.2, 0) is 0 Å². The smallest absolute Gasteiger partial charge is 0.0355 e. The van der Waals surface area contributed by atoms with Gasteiger partial charge in [-0.2, -0.15) is 0 Å². The van der Waals surface area contributed by atoms with E-state index in [-0.39, 0.29) is 5.54 Å². The molecule has 0 amide bonds. The highest BCUT2D eigenvalue weighted by Crippen LogP contribution is 2.30. The molecule has 3 heteroatoms. The maximum atomic E-state index is 6.14. The minimum Gasteiger partial charge on any atom is -0.329 e. The Hall–Kier alpha value is -0.120. The van der Waals surface area contributed by atoms with Gasteiger partial charge in [-0.25, -0.2) is 0 Å². The summed E-state index contributed by atoms with van der Waals surface area (Å²) < 4.78 is 0. The lowest BCUT2D eigenvalue weighted by atomic mass is 9.83. The van der Waals surface area contributed by atoms with Crippen molar-refractivity contribution in [2.75, 3.05) is 33.2 Å². The summed E-state index contributed by atoms with van der Waals surface area (Å²) in [4.78, 5) is 5.14. The molecule has 1 rings (SSSR count). The summed E-state index contributed by atoms with van der Waals surface area (Å²) >= 11 is 0. The van der Waals surface area contributed by atoms with Crippen LogP contribution < -0.4 is 5.73 Å². The van der Waals surface area contributed by atoms with Crippen LogP contribution in [0.1, 0.15) is 47.0 Å². The van der Waals surface area contributed by atoms with Crippen LogP contribution in [0, 0.1) is 5.92 Å². The van der Waals surface area contributed by atoms with Gasteiger partial charge in [0, 0.05) is 18.1 Å². The predicted molar refractivity (Wildman–Crippen MR) is 79.8 cm³/mol. The van der Waals surface area contributed by atoms with Gasteiger partial charge in [0.1, 0.15) is 0 Å². The molecule has 0 aromatic rings. The van der Waals surface area contributed by atoms with Crippen LogP contribution in [0.2, 0.25) is 0 Å². The third kappa shape index (κ3) is 3.46. The van der Waals surface area contributed by atoms with Gasteiger partial charge in [0.05, 0.1) is 0 Å². The summed E-state index contributed by atoms with van der Waals surface area (Å²) in [6.07, 6.45) is 3.70. The molecular weight excluding hydrogens is 222 g/mol. The standard InChI is InChI=1S/C15H33N3/c1-6-9-18-10-7-15(12-16,8-11-18)17(5)14(4)13(2)3/h13-14H,6-12,16H2,1-5H3. The van der Waals surface area contributed by atoms with Crippen LogP contribution in [0.5, 0.6) is 0 Å². The molecular formula is C15H33N3. The maximum Gasteiger partial charge on any atom is 0.0355 e. The fourth-order valence-corrected chi connectivity index (χ4v) is 3.09. The second kappa shape index (κ2) is 6.88. The summed E-state index contributed by atoms with van der Waals surface area (Å²) in [5.41, 5.74) is 6.37. The van der Waals surface area contributed by atoms with E-state index < -0.39 is 0 Å². The minimum atomic E-state index is 0.230. The van der Waals surface area contributed by atoms with Crippen molar-refractivity contribution < 1.29 is 0 Å². The lowest BCUT2D eigenvalue weighted by molar-refractivity contribution is 0.00868. The largest absolute Gasteiger partial charge is 0.329 e. The van der Waals surface area contributed by atoms with Crippen molar-refractivity contribution in [1.29, 1.82) is 0 Å². The van der Waals surface area contributed by atoms with Gasteiger partial charge >= 0.3 is 0 Å². The Morgan fingerprint density at radius 3 is 2.17 bits per heavy atom. The molecule has 0 aromatic heterocycles. The Bertz CT molecular complexity index is 232. The van der Waals surface area contributed by atoms with Gasteiger partial charge in [0.15, 0.2) is 0 Å². The molecule has 1 unspecified atom stereocenters. The van der Waals surface area contributed by atoms with Crippen LogP contribution in [-0.4, -0.2) is 54.6 Å². The lowest BCUT2D eigenvalue weighted by Gasteiger charge is -2.50. The zero-order chi connectivity index (χ0) is 13.8. The average molecular weight is 255 g/mol. The molecule has 108 valence electrons. The topological polar surface area (TPSA) is 32.5 Å². The molecule has 0 spiro atoms. The van der Waals surface area contributed by atoms with Gasteiger partial charge < -0.3 is 10.6 Å². The Balaban J connectivity index is 2.65. The van der Waals surface area contributed by atoms with Gasteiger partial charge in [0.2, 0.25) is 0 Å². The molecule has 0 aliphatic carbocycles. The Morgan fingerprint density at radius 2 is 1.78 bits per heavy atom. The second-order valence-electron chi connectivity index (χ2n) is 6.37. The van der Waals surface area contributed by atoms with Gasteiger partial charge in [-0.15, -0.1) is 0 Å². The molecule has 0 radical (unpaired) electrons. The highest BCUT2D eigenvalue weighted by Gasteiger charge is 2.39. The first-order valence-electron chi connectivity index (χ1n) is 7.62. The summed E-state index contributed by atoms with van der Waals surface area (Å²) in [7, 11) is 2.27. The number of likely N-dealkylation sites (tertiary alicyclic amines) is 1. The molecule has 1 heterocycles. The number of nitrogens with two attached hydrogens (primary N) is 1. The monoisotopic (exact) mass is 255 g/mol. The molecule has 18 heavy (non-hydrogen) atoms. The van der Waals surface area contributed by atoms with Crippen molar-refractivity contribution in [3.05, 3.63) is 0 Å². The number of hydrogen-bond donors (Lipinski definition) is 1. The fourth-order valence-electron chi connectivity index (χ4n) is 3.09. The molecule has 1 aliphatic heterocycles. The molecule has 1 aliphatic rings. The van der Waals surface area contributed by atoms with E-state index in [0.717, 1.165) is 6.54 Å². The average Bonchev–Trinajstić information content (AvgIpc) is 2.38. The third-order valence-electron chi connectivity index (χ3n) is 5.03. The number of nitrogens with zero attached hydrogens (tertiary/aromatic N) is 2. The van der Waals surface area contributed by atoms with E-state index in [9.17, 15) is 0 Å². The van der Waals surface area contributed by atoms with E-state index >= 15 is 0 Å². The van der Waals surface area contributed by atoms with Gasteiger partial charge in [-0.3, -0.25) is 4.90 Å². The highest BCUT2D eigenvalue weighted by atomic mass is 15.2. The fraction of sp³-hybridized carbons (Fsp3) is 1.00. The van der Waals surface area contributed by atoms with Crippen LogP contribution in [0.25, 0.3) is 0 Å². The normalized spacial score (nSPS) is 22.7. The summed E-state index contributed by atoms with van der Waals surface area (Å²) in [6, 6.07) is 0.603. The quantitative estimate of drug-likeness (QED) is 0.789. The molecule has 1 fully saturated rings. The van der Waals surface area contributed by atoms with E-state index in [4.69, 9.17) is 5.73 Å². The second-order valence-corrected chi connectivity index (χ2v) is 6.37. The molecule has 0 saturated carbocycles. The van der Waals surface area contributed by atoms with E-state index in [1.807, 2.05) is 0 Å². The Kier molecular flexibility index (Phi) is 6.09. The number of rotatable bonds is 6. The first-order chi connectivity index (χ1) is 8.46. The number of hydrogen-bond acceptors (Lipinski definition) is 3. The first-order valence-corrected chi connectivity index (χ1v) is 7.62. The SMILES string of the molecule is CCCN1CCC(CN)(N(C)C(C)C(C)C)CC1. The molecule has 1 saturated heterocycles. The van der Waals surface area contributed by atoms with Gasteiger partial charge in [-0.1, -0.05) is 20.8 Å². The van der Waals surface area contributed by atoms with Crippen molar-refractivity contribution in [1.82, 2.24) is 9.80 Å². The van der Waals surface area contributed by atoms with Crippen molar-refractivity contribution in [2.45, 2.75) is 58.5 Å².